The first kappa shape index (κ1) is 8.72. The molecule has 2 nitrogen and oxygen atoms in total. The summed E-state index contributed by atoms with van der Waals surface area (Å²) in [7, 11) is 0. The molecule has 0 aliphatic carbocycles. The highest BCUT2D eigenvalue weighted by molar-refractivity contribution is 7.99. The van der Waals surface area contributed by atoms with Gasteiger partial charge >= 0.3 is 0 Å². The summed E-state index contributed by atoms with van der Waals surface area (Å²) in [5.41, 5.74) is 6.12. The van der Waals surface area contributed by atoms with Crippen molar-refractivity contribution >= 4 is 38.9 Å². The van der Waals surface area contributed by atoms with E-state index in [1.165, 1.54) is 0 Å². The van der Waals surface area contributed by atoms with E-state index in [1.54, 1.807) is 23.1 Å². The minimum Gasteiger partial charge on any atom is -0.505 e. The van der Waals surface area contributed by atoms with Crippen LogP contribution >= 0.6 is 23.1 Å². The standard InChI is InChI=1S/C9H9NOS2/c1-12-7-4-6(10)8(11)5-2-3-13-9(5)7/h2-4,11H,10H2,1H3. The molecule has 0 amide bonds. The van der Waals surface area contributed by atoms with Gasteiger partial charge in [0.25, 0.3) is 0 Å². The Morgan fingerprint density at radius 2 is 2.31 bits per heavy atom. The van der Waals surface area contributed by atoms with Crippen LogP contribution in [0.2, 0.25) is 0 Å². The van der Waals surface area contributed by atoms with Crippen LogP contribution in [0.15, 0.2) is 22.4 Å². The Bertz CT molecular complexity index is 450. The van der Waals surface area contributed by atoms with Crippen molar-refractivity contribution in [1.29, 1.82) is 0 Å². The lowest BCUT2D eigenvalue weighted by Crippen LogP contribution is -1.86. The van der Waals surface area contributed by atoms with Crippen LogP contribution < -0.4 is 5.73 Å². The molecular weight excluding hydrogens is 202 g/mol. The molecule has 13 heavy (non-hydrogen) atoms. The molecule has 2 rings (SSSR count). The summed E-state index contributed by atoms with van der Waals surface area (Å²) in [4.78, 5) is 1.13. The molecule has 2 aromatic rings. The van der Waals surface area contributed by atoms with Crippen molar-refractivity contribution in [2.45, 2.75) is 4.90 Å². The Labute approximate surface area is 84.4 Å². The van der Waals surface area contributed by atoms with E-state index in [4.69, 9.17) is 5.73 Å². The number of thioether (sulfide) groups is 1. The number of phenolic OH excluding ortho intramolecular Hbond substituents is 1. The second kappa shape index (κ2) is 3.12. The Balaban J connectivity index is 2.87. The third-order valence-corrected chi connectivity index (χ3v) is 3.76. The van der Waals surface area contributed by atoms with E-state index in [1.807, 2.05) is 23.8 Å². The Morgan fingerprint density at radius 1 is 1.54 bits per heavy atom. The van der Waals surface area contributed by atoms with Gasteiger partial charge in [-0.3, -0.25) is 0 Å². The maximum absolute atomic E-state index is 9.64. The summed E-state index contributed by atoms with van der Waals surface area (Å²) in [6.07, 6.45) is 2.00. The molecule has 1 aromatic heterocycles. The number of benzene rings is 1. The normalized spacial score (nSPS) is 10.8. The number of phenols is 1. The van der Waals surface area contributed by atoms with E-state index >= 15 is 0 Å². The number of hydrogen-bond donors (Lipinski definition) is 2. The van der Waals surface area contributed by atoms with Crippen molar-refractivity contribution in [3.63, 3.8) is 0 Å². The van der Waals surface area contributed by atoms with Gasteiger partial charge in [-0.05, 0) is 23.8 Å². The molecule has 3 N–H and O–H groups in total. The van der Waals surface area contributed by atoms with Crippen LogP contribution in [-0.2, 0) is 0 Å². The summed E-state index contributed by atoms with van der Waals surface area (Å²) in [6, 6.07) is 3.71. The van der Waals surface area contributed by atoms with Gasteiger partial charge in [-0.1, -0.05) is 0 Å². The van der Waals surface area contributed by atoms with Crippen molar-refractivity contribution < 1.29 is 5.11 Å². The van der Waals surface area contributed by atoms with Gasteiger partial charge in [-0.2, -0.15) is 0 Å². The number of nitrogen functional groups attached to an aromatic ring is 1. The fourth-order valence-electron chi connectivity index (χ4n) is 1.27. The van der Waals surface area contributed by atoms with E-state index in [0.29, 0.717) is 5.69 Å². The van der Waals surface area contributed by atoms with Gasteiger partial charge in [-0.25, -0.2) is 0 Å². The molecule has 0 saturated heterocycles. The van der Waals surface area contributed by atoms with Crippen LogP contribution in [-0.4, -0.2) is 11.4 Å². The predicted molar refractivity (Wildman–Crippen MR) is 59.7 cm³/mol. The van der Waals surface area contributed by atoms with Crippen molar-refractivity contribution in [1.82, 2.24) is 0 Å². The fraction of sp³-hybridized carbons (Fsp3) is 0.111. The van der Waals surface area contributed by atoms with Crippen molar-refractivity contribution in [2.24, 2.45) is 0 Å². The number of thiophene rings is 1. The first-order valence-corrected chi connectivity index (χ1v) is 5.87. The van der Waals surface area contributed by atoms with Gasteiger partial charge in [0.15, 0.2) is 0 Å². The van der Waals surface area contributed by atoms with E-state index in [-0.39, 0.29) is 5.75 Å². The predicted octanol–water partition coefficient (Wildman–Crippen LogP) is 2.91. The quantitative estimate of drug-likeness (QED) is 0.433. The molecule has 0 atom stereocenters. The molecule has 1 aromatic carbocycles. The third kappa shape index (κ3) is 1.26. The Morgan fingerprint density at radius 3 is 3.00 bits per heavy atom. The molecule has 0 bridgehead atoms. The lowest BCUT2D eigenvalue weighted by Gasteiger charge is -2.04. The van der Waals surface area contributed by atoms with Gasteiger partial charge < -0.3 is 10.8 Å². The van der Waals surface area contributed by atoms with Crippen molar-refractivity contribution in [3.05, 3.63) is 17.5 Å². The number of rotatable bonds is 1. The number of fused-ring (bicyclic) bond motifs is 1. The van der Waals surface area contributed by atoms with Gasteiger partial charge in [0.2, 0.25) is 0 Å². The zero-order valence-corrected chi connectivity index (χ0v) is 8.71. The molecule has 0 saturated carbocycles. The van der Waals surface area contributed by atoms with E-state index in [0.717, 1.165) is 15.0 Å². The number of anilines is 1. The zero-order valence-electron chi connectivity index (χ0n) is 7.07. The molecular formula is C9H9NOS2. The molecule has 0 aliphatic rings. The van der Waals surface area contributed by atoms with Crippen molar-refractivity contribution in [2.75, 3.05) is 12.0 Å². The number of nitrogens with two attached hydrogens (primary N) is 1. The molecule has 0 unspecified atom stereocenters. The van der Waals surface area contributed by atoms with Crippen LogP contribution in [0.1, 0.15) is 0 Å². The average Bonchev–Trinajstić information content (AvgIpc) is 2.60. The molecule has 0 fully saturated rings. The maximum Gasteiger partial charge on any atom is 0.147 e. The largest absolute Gasteiger partial charge is 0.505 e. The minimum absolute atomic E-state index is 0.203. The topological polar surface area (TPSA) is 46.2 Å². The highest BCUT2D eigenvalue weighted by Crippen LogP contribution is 2.40. The molecule has 68 valence electrons. The molecule has 4 heteroatoms. The Kier molecular flexibility index (Phi) is 2.09. The average molecular weight is 211 g/mol. The summed E-state index contributed by atoms with van der Waals surface area (Å²) < 4.78 is 1.11. The van der Waals surface area contributed by atoms with Gasteiger partial charge in [0.1, 0.15) is 5.75 Å². The summed E-state index contributed by atoms with van der Waals surface area (Å²) in [5.74, 6) is 0.203. The Hall–Kier alpha value is -0.870. The van der Waals surface area contributed by atoms with E-state index < -0.39 is 0 Å². The van der Waals surface area contributed by atoms with E-state index in [9.17, 15) is 5.11 Å². The fourth-order valence-corrected chi connectivity index (χ4v) is 3.01. The van der Waals surface area contributed by atoms with Crippen LogP contribution in [0.5, 0.6) is 5.75 Å². The smallest absolute Gasteiger partial charge is 0.147 e. The van der Waals surface area contributed by atoms with Gasteiger partial charge in [0, 0.05) is 10.3 Å². The highest BCUT2D eigenvalue weighted by Gasteiger charge is 2.09. The lowest BCUT2D eigenvalue weighted by molar-refractivity contribution is 0.484. The first-order valence-electron chi connectivity index (χ1n) is 3.76. The zero-order chi connectivity index (χ0) is 9.42. The second-order valence-corrected chi connectivity index (χ2v) is 4.44. The van der Waals surface area contributed by atoms with Crippen LogP contribution in [0, 0.1) is 0 Å². The maximum atomic E-state index is 9.64. The minimum atomic E-state index is 0.203. The molecule has 0 radical (unpaired) electrons. The van der Waals surface area contributed by atoms with Gasteiger partial charge in [-0.15, -0.1) is 23.1 Å². The van der Waals surface area contributed by atoms with Crippen LogP contribution in [0.3, 0.4) is 0 Å². The third-order valence-electron chi connectivity index (χ3n) is 1.92. The van der Waals surface area contributed by atoms with Crippen molar-refractivity contribution in [3.8, 4) is 5.75 Å². The lowest BCUT2D eigenvalue weighted by atomic mass is 10.2. The molecule has 0 spiro atoms. The number of hydrogen-bond acceptors (Lipinski definition) is 4. The first-order chi connectivity index (χ1) is 6.24. The SMILES string of the molecule is CSc1cc(N)c(O)c2ccsc12. The summed E-state index contributed by atoms with van der Waals surface area (Å²) in [5, 5.41) is 12.5. The van der Waals surface area contributed by atoms with E-state index in [2.05, 4.69) is 0 Å². The van der Waals surface area contributed by atoms with Crippen LogP contribution in [0.25, 0.3) is 10.1 Å². The highest BCUT2D eigenvalue weighted by atomic mass is 32.2. The summed E-state index contributed by atoms with van der Waals surface area (Å²) >= 11 is 3.27. The van der Waals surface area contributed by atoms with Gasteiger partial charge in [0.05, 0.1) is 10.4 Å². The number of aromatic hydroxyl groups is 1. The second-order valence-electron chi connectivity index (χ2n) is 2.68. The molecule has 0 aliphatic heterocycles. The summed E-state index contributed by atoms with van der Waals surface area (Å²) in [6.45, 7) is 0. The van der Waals surface area contributed by atoms with Crippen LogP contribution in [0.4, 0.5) is 5.69 Å². The monoisotopic (exact) mass is 211 g/mol. The molecule has 1 heterocycles.